The summed E-state index contributed by atoms with van der Waals surface area (Å²) in [4.78, 5) is 22.8. The van der Waals surface area contributed by atoms with Crippen molar-refractivity contribution in [2.24, 2.45) is 5.41 Å². The number of aromatic amines is 1. The molecule has 0 aromatic carbocycles. The number of H-pyrrole nitrogens is 1. The van der Waals surface area contributed by atoms with E-state index in [1.807, 2.05) is 0 Å². The minimum absolute atomic E-state index is 0.0582. The summed E-state index contributed by atoms with van der Waals surface area (Å²) in [6.45, 7) is 0.207. The highest BCUT2D eigenvalue weighted by Gasteiger charge is 2.37. The van der Waals surface area contributed by atoms with Crippen molar-refractivity contribution in [3.05, 3.63) is 5.82 Å². The van der Waals surface area contributed by atoms with Crippen LogP contribution in [0, 0.1) is 5.41 Å². The van der Waals surface area contributed by atoms with Crippen molar-refractivity contribution < 1.29 is 14.7 Å². The fourth-order valence-electron chi connectivity index (χ4n) is 2.70. The molecule has 1 aromatic heterocycles. The highest BCUT2D eigenvalue weighted by Crippen LogP contribution is 2.43. The summed E-state index contributed by atoms with van der Waals surface area (Å²) in [5.41, 5.74) is -0.382. The molecule has 0 saturated heterocycles. The molecule has 0 unspecified atom stereocenters. The normalized spacial score (nSPS) is 17.3. The van der Waals surface area contributed by atoms with Gasteiger partial charge in [0.25, 0.3) is 0 Å². The van der Waals surface area contributed by atoms with Crippen LogP contribution in [0.25, 0.3) is 0 Å². The highest BCUT2D eigenvalue weighted by molar-refractivity contribution is 5.78. The second kappa shape index (κ2) is 5.77. The summed E-state index contributed by atoms with van der Waals surface area (Å²) in [6, 6.07) is 0. The van der Waals surface area contributed by atoms with E-state index in [9.17, 15) is 9.59 Å². The molecule has 1 heterocycles. The Morgan fingerprint density at radius 3 is 2.63 bits per heavy atom. The van der Waals surface area contributed by atoms with Gasteiger partial charge < -0.3 is 10.4 Å². The Labute approximate surface area is 110 Å². The largest absolute Gasteiger partial charge is 0.481 e. The minimum Gasteiger partial charge on any atom is -0.481 e. The van der Waals surface area contributed by atoms with Crippen LogP contribution in [0.5, 0.6) is 0 Å². The fraction of sp³-hybridized carbons (Fsp3) is 0.727. The third-order valence-electron chi connectivity index (χ3n) is 3.56. The zero-order chi connectivity index (χ0) is 13.7. The van der Waals surface area contributed by atoms with Gasteiger partial charge in [0.05, 0.1) is 13.0 Å². The Morgan fingerprint density at radius 1 is 1.32 bits per heavy atom. The lowest BCUT2D eigenvalue weighted by atomic mass is 9.79. The van der Waals surface area contributed by atoms with E-state index in [4.69, 9.17) is 5.11 Å². The SMILES string of the molecule is O=C(O)CC1(CC(=O)NCc2nn[nH]n2)CCCC1. The summed E-state index contributed by atoms with van der Waals surface area (Å²) in [6.07, 6.45) is 3.89. The molecule has 1 saturated carbocycles. The van der Waals surface area contributed by atoms with Crippen molar-refractivity contribution in [1.82, 2.24) is 25.9 Å². The molecule has 0 bridgehead atoms. The van der Waals surface area contributed by atoms with E-state index in [2.05, 4.69) is 25.9 Å². The molecule has 1 fully saturated rings. The van der Waals surface area contributed by atoms with Gasteiger partial charge in [0.15, 0.2) is 5.82 Å². The zero-order valence-electron chi connectivity index (χ0n) is 10.6. The lowest BCUT2D eigenvalue weighted by molar-refractivity contribution is -0.140. The van der Waals surface area contributed by atoms with Gasteiger partial charge in [0.1, 0.15) is 0 Å². The molecule has 1 amide bonds. The maximum Gasteiger partial charge on any atom is 0.303 e. The lowest BCUT2D eigenvalue weighted by Crippen LogP contribution is -2.32. The number of aromatic nitrogens is 4. The van der Waals surface area contributed by atoms with Gasteiger partial charge in [-0.15, -0.1) is 10.2 Å². The van der Waals surface area contributed by atoms with Crippen LogP contribution >= 0.6 is 0 Å². The molecule has 0 atom stereocenters. The first-order valence-corrected chi connectivity index (χ1v) is 6.30. The van der Waals surface area contributed by atoms with E-state index >= 15 is 0 Å². The monoisotopic (exact) mass is 267 g/mol. The average molecular weight is 267 g/mol. The molecular weight excluding hydrogens is 250 g/mol. The van der Waals surface area contributed by atoms with Gasteiger partial charge in [0.2, 0.25) is 5.91 Å². The predicted molar refractivity (Wildman–Crippen MR) is 63.8 cm³/mol. The van der Waals surface area contributed by atoms with Gasteiger partial charge in [-0.3, -0.25) is 9.59 Å². The number of hydrogen-bond acceptors (Lipinski definition) is 5. The Morgan fingerprint density at radius 2 is 2.05 bits per heavy atom. The van der Waals surface area contributed by atoms with E-state index in [0.717, 1.165) is 25.7 Å². The second-order valence-corrected chi connectivity index (χ2v) is 5.06. The number of carboxylic acid groups (broad SMARTS) is 1. The summed E-state index contributed by atoms with van der Waals surface area (Å²) < 4.78 is 0. The Kier molecular flexibility index (Phi) is 4.08. The van der Waals surface area contributed by atoms with Gasteiger partial charge in [-0.2, -0.15) is 5.21 Å². The lowest BCUT2D eigenvalue weighted by Gasteiger charge is -2.26. The fourth-order valence-corrected chi connectivity index (χ4v) is 2.70. The number of carbonyl (C=O) groups excluding carboxylic acids is 1. The molecule has 19 heavy (non-hydrogen) atoms. The predicted octanol–water partition coefficient (Wildman–Crippen LogP) is 0.241. The highest BCUT2D eigenvalue weighted by atomic mass is 16.4. The number of nitrogens with one attached hydrogen (secondary N) is 2. The van der Waals surface area contributed by atoms with Crippen molar-refractivity contribution in [3.63, 3.8) is 0 Å². The third kappa shape index (κ3) is 3.73. The van der Waals surface area contributed by atoms with Crippen molar-refractivity contribution in [1.29, 1.82) is 0 Å². The van der Waals surface area contributed by atoms with Crippen LogP contribution in [0.1, 0.15) is 44.3 Å². The van der Waals surface area contributed by atoms with Crippen molar-refractivity contribution >= 4 is 11.9 Å². The van der Waals surface area contributed by atoms with E-state index in [0.29, 0.717) is 5.82 Å². The number of carboxylic acids is 1. The van der Waals surface area contributed by atoms with E-state index in [-0.39, 0.29) is 30.7 Å². The van der Waals surface area contributed by atoms with E-state index < -0.39 is 5.97 Å². The first-order chi connectivity index (χ1) is 9.10. The molecule has 2 rings (SSSR count). The number of carbonyl (C=O) groups is 2. The van der Waals surface area contributed by atoms with Crippen LogP contribution in [0.4, 0.5) is 0 Å². The molecule has 0 aliphatic heterocycles. The van der Waals surface area contributed by atoms with Crippen molar-refractivity contribution in [3.8, 4) is 0 Å². The topological polar surface area (TPSA) is 121 Å². The summed E-state index contributed by atoms with van der Waals surface area (Å²) in [5.74, 6) is -0.590. The van der Waals surface area contributed by atoms with Crippen molar-refractivity contribution in [2.75, 3.05) is 0 Å². The number of rotatable bonds is 6. The molecule has 1 aliphatic rings. The summed E-state index contributed by atoms with van der Waals surface area (Å²) in [7, 11) is 0. The number of nitrogens with zero attached hydrogens (tertiary/aromatic N) is 3. The minimum atomic E-state index is -0.840. The third-order valence-corrected chi connectivity index (χ3v) is 3.56. The van der Waals surface area contributed by atoms with Gasteiger partial charge in [-0.1, -0.05) is 18.1 Å². The number of hydrogen-bond donors (Lipinski definition) is 3. The van der Waals surface area contributed by atoms with E-state index in [1.165, 1.54) is 0 Å². The Bertz CT molecular complexity index is 439. The standard InChI is InChI=1S/C11H17N5O3/c17-9(12-7-8-13-15-16-14-8)5-11(6-10(18)19)3-1-2-4-11/h1-7H2,(H,12,17)(H,18,19)(H,13,14,15,16). The van der Waals surface area contributed by atoms with Crippen LogP contribution < -0.4 is 5.32 Å². The zero-order valence-corrected chi connectivity index (χ0v) is 10.6. The maximum absolute atomic E-state index is 11.9. The van der Waals surface area contributed by atoms with Crippen LogP contribution in [0.15, 0.2) is 0 Å². The van der Waals surface area contributed by atoms with Crippen LogP contribution in [0.2, 0.25) is 0 Å². The summed E-state index contributed by atoms with van der Waals surface area (Å²) in [5, 5.41) is 24.8. The first-order valence-electron chi connectivity index (χ1n) is 6.30. The molecule has 1 aromatic rings. The van der Waals surface area contributed by atoms with E-state index in [1.54, 1.807) is 0 Å². The average Bonchev–Trinajstić information content (AvgIpc) is 2.97. The molecule has 104 valence electrons. The molecule has 0 radical (unpaired) electrons. The first kappa shape index (κ1) is 13.4. The quantitative estimate of drug-likeness (QED) is 0.679. The second-order valence-electron chi connectivity index (χ2n) is 5.06. The molecule has 8 nitrogen and oxygen atoms in total. The van der Waals surface area contributed by atoms with Gasteiger partial charge in [-0.05, 0) is 18.3 Å². The molecule has 8 heteroatoms. The van der Waals surface area contributed by atoms with Crippen LogP contribution in [0.3, 0.4) is 0 Å². The summed E-state index contributed by atoms with van der Waals surface area (Å²) >= 11 is 0. The van der Waals surface area contributed by atoms with Crippen LogP contribution in [-0.2, 0) is 16.1 Å². The van der Waals surface area contributed by atoms with Gasteiger partial charge in [0, 0.05) is 6.42 Å². The smallest absolute Gasteiger partial charge is 0.303 e. The molecule has 1 aliphatic carbocycles. The number of tetrazole rings is 1. The molecular formula is C11H17N5O3. The maximum atomic E-state index is 11.9. The molecule has 0 spiro atoms. The Balaban J connectivity index is 1.86. The number of aliphatic carboxylic acids is 1. The molecule has 3 N–H and O–H groups in total. The number of amides is 1. The van der Waals surface area contributed by atoms with Gasteiger partial charge in [-0.25, -0.2) is 0 Å². The Hall–Kier alpha value is -1.99. The van der Waals surface area contributed by atoms with Gasteiger partial charge >= 0.3 is 5.97 Å². The van der Waals surface area contributed by atoms with Crippen molar-refractivity contribution in [2.45, 2.75) is 45.1 Å². The van der Waals surface area contributed by atoms with Crippen LogP contribution in [-0.4, -0.2) is 37.6 Å².